The normalized spacial score (nSPS) is 17.8. The van der Waals surface area contributed by atoms with Crippen LogP contribution in [0.1, 0.15) is 94.1 Å². The maximum atomic E-state index is 12.8. The number of rotatable bonds is 20. The molecule has 0 N–H and O–H groups in total. The molecule has 43 heavy (non-hydrogen) atoms. The summed E-state index contributed by atoms with van der Waals surface area (Å²) in [5, 5.41) is 0.152. The van der Waals surface area contributed by atoms with E-state index in [1.165, 1.54) is 0 Å². The quantitative estimate of drug-likeness (QED) is 0.107. The van der Waals surface area contributed by atoms with Crippen molar-refractivity contribution < 1.29 is 28.2 Å². The van der Waals surface area contributed by atoms with Crippen LogP contribution in [0.2, 0.25) is 18.1 Å². The molecule has 0 bridgehead atoms. The molecule has 1 rings (SSSR count). The van der Waals surface area contributed by atoms with Crippen molar-refractivity contribution in [3.05, 3.63) is 35.9 Å². The van der Waals surface area contributed by atoms with Crippen molar-refractivity contribution >= 4 is 14.3 Å². The summed E-state index contributed by atoms with van der Waals surface area (Å²) in [5.41, 5.74) is 1.15. The summed E-state index contributed by atoms with van der Waals surface area (Å²) in [7, 11) is 1.63. The number of methoxy groups -OCH3 is 2. The van der Waals surface area contributed by atoms with Crippen molar-refractivity contribution in [3.63, 3.8) is 0 Å². The number of benzene rings is 1. The van der Waals surface area contributed by atoms with Crippen molar-refractivity contribution in [2.24, 2.45) is 29.6 Å². The van der Waals surface area contributed by atoms with E-state index in [9.17, 15) is 4.79 Å². The maximum absolute atomic E-state index is 12.8. The van der Waals surface area contributed by atoms with Crippen LogP contribution < -0.4 is 0 Å². The lowest BCUT2D eigenvalue weighted by molar-refractivity contribution is -0.160. The average molecular weight is 623 g/mol. The molecule has 0 saturated heterocycles. The lowest BCUT2D eigenvalue weighted by Crippen LogP contribution is -2.46. The van der Waals surface area contributed by atoms with Crippen molar-refractivity contribution in [2.75, 3.05) is 20.8 Å². The Hall–Kier alpha value is -1.25. The summed E-state index contributed by atoms with van der Waals surface area (Å²) < 4.78 is 31.2. The smallest absolute Gasteiger partial charge is 0.308 e. The highest BCUT2D eigenvalue weighted by atomic mass is 28.4. The van der Waals surface area contributed by atoms with Crippen LogP contribution in [0.3, 0.4) is 0 Å². The summed E-state index contributed by atoms with van der Waals surface area (Å²) in [6.07, 6.45) is 2.28. The van der Waals surface area contributed by atoms with Gasteiger partial charge in [-0.3, -0.25) is 4.79 Å². The zero-order valence-electron chi connectivity index (χ0n) is 30.1. The lowest BCUT2D eigenvalue weighted by atomic mass is 9.84. The van der Waals surface area contributed by atoms with Gasteiger partial charge >= 0.3 is 5.97 Å². The first-order chi connectivity index (χ1) is 19.9. The Balaban J connectivity index is 2.97. The monoisotopic (exact) mass is 622 g/mol. The molecule has 6 nitrogen and oxygen atoms in total. The summed E-state index contributed by atoms with van der Waals surface area (Å²) in [6.45, 7) is 27.4. The van der Waals surface area contributed by atoms with Crippen LogP contribution >= 0.6 is 0 Å². The molecule has 0 radical (unpaired) electrons. The van der Waals surface area contributed by atoms with Gasteiger partial charge in [0.15, 0.2) is 8.32 Å². The molecular formula is C36H66O6Si. The minimum absolute atomic E-state index is 0.00144. The molecule has 250 valence electrons. The first kappa shape index (κ1) is 39.8. The molecular weight excluding hydrogens is 556 g/mol. The zero-order chi connectivity index (χ0) is 33.0. The fourth-order valence-electron chi connectivity index (χ4n) is 5.34. The molecule has 0 aliphatic heterocycles. The minimum Gasteiger partial charge on any atom is -0.462 e. The van der Waals surface area contributed by atoms with Gasteiger partial charge in [-0.2, -0.15) is 0 Å². The third kappa shape index (κ3) is 13.3. The fourth-order valence-corrected chi connectivity index (χ4v) is 6.82. The van der Waals surface area contributed by atoms with E-state index in [0.717, 1.165) is 24.8 Å². The topological polar surface area (TPSA) is 63.2 Å². The number of hydrogen-bond donors (Lipinski definition) is 0. The van der Waals surface area contributed by atoms with Gasteiger partial charge in [-0.05, 0) is 54.8 Å². The molecule has 0 aromatic heterocycles. The van der Waals surface area contributed by atoms with Gasteiger partial charge < -0.3 is 23.4 Å². The summed E-state index contributed by atoms with van der Waals surface area (Å²) >= 11 is 0. The van der Waals surface area contributed by atoms with E-state index in [1.54, 1.807) is 7.11 Å². The van der Waals surface area contributed by atoms with Crippen LogP contribution in [0.25, 0.3) is 0 Å². The second kappa shape index (κ2) is 18.7. The van der Waals surface area contributed by atoms with E-state index >= 15 is 0 Å². The molecule has 0 saturated carbocycles. The molecule has 0 heterocycles. The van der Waals surface area contributed by atoms with Crippen LogP contribution in [0.4, 0.5) is 0 Å². The molecule has 7 atom stereocenters. The fraction of sp³-hybridized carbons (Fsp3) is 0.806. The molecule has 1 aromatic rings. The van der Waals surface area contributed by atoms with Gasteiger partial charge in [0, 0.05) is 32.2 Å². The van der Waals surface area contributed by atoms with E-state index in [1.807, 2.05) is 39.2 Å². The largest absolute Gasteiger partial charge is 0.462 e. The molecule has 0 spiro atoms. The highest BCUT2D eigenvalue weighted by Gasteiger charge is 2.41. The molecule has 0 fully saturated rings. The molecule has 7 heteroatoms. The molecule has 0 aliphatic carbocycles. The van der Waals surface area contributed by atoms with E-state index in [-0.39, 0.29) is 59.1 Å². The van der Waals surface area contributed by atoms with E-state index in [2.05, 4.69) is 80.6 Å². The number of carbonyl (C=O) groups excluding carboxylic acids is 1. The lowest BCUT2D eigenvalue weighted by Gasteiger charge is -2.41. The van der Waals surface area contributed by atoms with Gasteiger partial charge in [0.2, 0.25) is 0 Å². The Kier molecular flexibility index (Phi) is 17.3. The molecule has 0 aliphatic rings. The maximum Gasteiger partial charge on any atom is 0.308 e. The second-order valence-electron chi connectivity index (χ2n) is 14.9. The van der Waals surface area contributed by atoms with Gasteiger partial charge in [0.05, 0.1) is 31.3 Å². The van der Waals surface area contributed by atoms with Crippen LogP contribution in [0.5, 0.6) is 0 Å². The van der Waals surface area contributed by atoms with Gasteiger partial charge in [-0.1, -0.05) is 99.6 Å². The average Bonchev–Trinajstić information content (AvgIpc) is 2.92. The van der Waals surface area contributed by atoms with E-state index < -0.39 is 8.32 Å². The van der Waals surface area contributed by atoms with Gasteiger partial charge in [0.1, 0.15) is 6.10 Å². The Labute approximate surface area is 266 Å². The highest BCUT2D eigenvalue weighted by Crippen LogP contribution is 2.39. The first-order valence-corrected chi connectivity index (χ1v) is 19.4. The zero-order valence-corrected chi connectivity index (χ0v) is 31.1. The Morgan fingerprint density at radius 2 is 1.42 bits per heavy atom. The van der Waals surface area contributed by atoms with Gasteiger partial charge in [0.25, 0.3) is 0 Å². The first-order valence-electron chi connectivity index (χ1n) is 16.5. The second-order valence-corrected chi connectivity index (χ2v) is 19.6. The summed E-state index contributed by atoms with van der Waals surface area (Å²) in [4.78, 5) is 12.8. The molecule has 7 unspecified atom stereocenters. The van der Waals surface area contributed by atoms with E-state index in [4.69, 9.17) is 23.4 Å². The predicted octanol–water partition coefficient (Wildman–Crippen LogP) is 8.93. The molecule has 1 aromatic carbocycles. The number of esters is 1. The number of ether oxygens (including phenoxy) is 4. The Morgan fingerprint density at radius 3 is 1.91 bits per heavy atom. The van der Waals surface area contributed by atoms with Crippen molar-refractivity contribution in [3.8, 4) is 0 Å². The van der Waals surface area contributed by atoms with Gasteiger partial charge in [-0.15, -0.1) is 0 Å². The Morgan fingerprint density at radius 1 is 0.814 bits per heavy atom. The minimum atomic E-state index is -1.92. The standard InChI is InChI=1S/C36H66O6Si/c1-25(2)32(42-43(13,14)36(8,9)10)22-33(38-11)27(5)20-21-31(41-35(37)26(3)4)29(7)34(39-12)28(6)23-40-24-30-18-16-15-17-19-30/h15-19,25-29,31-34H,20-24H2,1-14H3. The van der Waals surface area contributed by atoms with Crippen LogP contribution in [0.15, 0.2) is 30.3 Å². The van der Waals surface area contributed by atoms with Crippen molar-refractivity contribution in [1.29, 1.82) is 0 Å². The van der Waals surface area contributed by atoms with Crippen molar-refractivity contribution in [1.82, 2.24) is 0 Å². The number of hydrogen-bond acceptors (Lipinski definition) is 6. The Bertz CT molecular complexity index is 897. The van der Waals surface area contributed by atoms with E-state index in [0.29, 0.717) is 19.1 Å². The third-order valence-corrected chi connectivity index (χ3v) is 14.0. The van der Waals surface area contributed by atoms with Gasteiger partial charge in [-0.25, -0.2) is 0 Å². The van der Waals surface area contributed by atoms with Crippen LogP contribution in [-0.2, 0) is 34.8 Å². The predicted molar refractivity (Wildman–Crippen MR) is 181 cm³/mol. The third-order valence-electron chi connectivity index (χ3n) is 9.47. The van der Waals surface area contributed by atoms with Crippen LogP contribution in [0, 0.1) is 29.6 Å². The highest BCUT2D eigenvalue weighted by molar-refractivity contribution is 6.74. The van der Waals surface area contributed by atoms with Crippen LogP contribution in [-0.4, -0.2) is 59.5 Å². The van der Waals surface area contributed by atoms with Crippen molar-refractivity contribution in [2.45, 2.75) is 138 Å². The SMILES string of the molecule is COC(CC(O[Si](C)(C)C(C)(C)C)C(C)C)C(C)CCC(OC(=O)C(C)C)C(C)C(OC)C(C)COCc1ccccc1. The summed E-state index contributed by atoms with van der Waals surface area (Å²) in [5.74, 6) is 0.444. The number of carbonyl (C=O) groups is 1. The summed E-state index contributed by atoms with van der Waals surface area (Å²) in [6, 6.07) is 10.2. The molecule has 0 amide bonds.